The summed E-state index contributed by atoms with van der Waals surface area (Å²) in [4.78, 5) is 11.8. The molecule has 17 heavy (non-hydrogen) atoms. The summed E-state index contributed by atoms with van der Waals surface area (Å²) in [5, 5.41) is 0. The van der Waals surface area contributed by atoms with E-state index in [4.69, 9.17) is 4.74 Å². The van der Waals surface area contributed by atoms with Crippen molar-refractivity contribution in [3.8, 4) is 0 Å². The lowest BCUT2D eigenvalue weighted by Gasteiger charge is -2.04. The molecule has 0 atom stereocenters. The van der Waals surface area contributed by atoms with Gasteiger partial charge in [-0.3, -0.25) is 4.79 Å². The van der Waals surface area contributed by atoms with Gasteiger partial charge in [0.05, 0.1) is 6.61 Å². The van der Waals surface area contributed by atoms with Gasteiger partial charge in [-0.05, 0) is 18.4 Å². The number of hydrogen-bond acceptors (Lipinski definition) is 2. The van der Waals surface area contributed by atoms with E-state index in [1.54, 1.807) is 0 Å². The Hall–Kier alpha value is -1.15. The molecule has 0 aliphatic rings. The zero-order valence-corrected chi connectivity index (χ0v) is 10.9. The van der Waals surface area contributed by atoms with Crippen LogP contribution in [-0.2, 0) is 11.2 Å². The molecule has 0 N–H and O–H groups in total. The van der Waals surface area contributed by atoms with Crippen LogP contribution in [-0.4, -0.2) is 19.0 Å². The molecular weight excluding hydrogens is 212 g/mol. The minimum atomic E-state index is 0.171. The summed E-state index contributed by atoms with van der Waals surface area (Å²) in [5.74, 6) is 0.171. The average molecular weight is 234 g/mol. The molecule has 1 aromatic carbocycles. The van der Waals surface area contributed by atoms with Crippen LogP contribution >= 0.6 is 0 Å². The third-order valence-electron chi connectivity index (χ3n) is 2.80. The molecule has 1 rings (SSSR count). The molecule has 0 bridgehead atoms. The van der Waals surface area contributed by atoms with Crippen LogP contribution in [0.2, 0.25) is 0 Å². The summed E-state index contributed by atoms with van der Waals surface area (Å²) < 4.78 is 5.39. The van der Waals surface area contributed by atoms with E-state index < -0.39 is 0 Å². The normalized spacial score (nSPS) is 10.5. The Kier molecular flexibility index (Phi) is 6.56. The first-order valence-electron chi connectivity index (χ1n) is 6.47. The molecule has 0 aliphatic heterocycles. The lowest BCUT2D eigenvalue weighted by atomic mass is 10.1. The number of aryl methyl sites for hydroxylation is 1. The zero-order valence-electron chi connectivity index (χ0n) is 10.9. The van der Waals surface area contributed by atoms with Gasteiger partial charge in [-0.1, -0.05) is 44.5 Å². The Bertz CT molecular complexity index is 327. The van der Waals surface area contributed by atoms with Crippen LogP contribution in [0.15, 0.2) is 24.3 Å². The van der Waals surface area contributed by atoms with E-state index in [1.807, 2.05) is 24.3 Å². The summed E-state index contributed by atoms with van der Waals surface area (Å²) >= 11 is 0. The second-order valence-corrected chi connectivity index (χ2v) is 4.19. The molecule has 2 nitrogen and oxygen atoms in total. The topological polar surface area (TPSA) is 26.3 Å². The van der Waals surface area contributed by atoms with E-state index in [1.165, 1.54) is 5.56 Å². The molecule has 0 aromatic heterocycles. The number of rotatable bonds is 8. The third kappa shape index (κ3) is 5.14. The number of ketones is 1. The van der Waals surface area contributed by atoms with Gasteiger partial charge in [0.15, 0.2) is 5.78 Å². The first kappa shape index (κ1) is 13.9. The molecule has 0 fully saturated rings. The highest BCUT2D eigenvalue weighted by molar-refractivity contribution is 5.96. The summed E-state index contributed by atoms with van der Waals surface area (Å²) in [6.45, 7) is 5.54. The summed E-state index contributed by atoms with van der Waals surface area (Å²) in [6.07, 6.45) is 3.69. The molecule has 0 unspecified atom stereocenters. The van der Waals surface area contributed by atoms with Crippen molar-refractivity contribution >= 4 is 5.78 Å². The van der Waals surface area contributed by atoms with Crippen LogP contribution < -0.4 is 0 Å². The Morgan fingerprint density at radius 1 is 1.12 bits per heavy atom. The fourth-order valence-electron chi connectivity index (χ4n) is 1.58. The van der Waals surface area contributed by atoms with E-state index in [-0.39, 0.29) is 5.78 Å². The third-order valence-corrected chi connectivity index (χ3v) is 2.80. The maximum absolute atomic E-state index is 11.8. The molecule has 94 valence electrons. The summed E-state index contributed by atoms with van der Waals surface area (Å²) in [7, 11) is 0. The van der Waals surface area contributed by atoms with Gasteiger partial charge in [0.2, 0.25) is 0 Å². The molecule has 0 aliphatic carbocycles. The number of carbonyl (C=O) groups excluding carboxylic acids is 1. The van der Waals surface area contributed by atoms with Gasteiger partial charge in [-0.15, -0.1) is 0 Å². The highest BCUT2D eigenvalue weighted by Crippen LogP contribution is 2.07. The Balaban J connectivity index is 2.31. The van der Waals surface area contributed by atoms with E-state index in [0.717, 1.165) is 31.4 Å². The Morgan fingerprint density at radius 2 is 1.82 bits per heavy atom. The first-order chi connectivity index (χ1) is 8.27. The van der Waals surface area contributed by atoms with Crippen molar-refractivity contribution in [2.45, 2.75) is 39.5 Å². The predicted molar refractivity (Wildman–Crippen MR) is 70.5 cm³/mol. The number of hydrogen-bond donors (Lipinski definition) is 0. The molecule has 0 heterocycles. The van der Waals surface area contributed by atoms with Crippen LogP contribution in [0.3, 0.4) is 0 Å². The maximum Gasteiger partial charge on any atom is 0.165 e. The number of ether oxygens (including phenoxy) is 1. The number of carbonyl (C=O) groups is 1. The highest BCUT2D eigenvalue weighted by Gasteiger charge is 2.05. The quantitative estimate of drug-likeness (QED) is 0.507. The van der Waals surface area contributed by atoms with Crippen molar-refractivity contribution in [1.82, 2.24) is 0 Å². The largest absolute Gasteiger partial charge is 0.381 e. The number of Topliss-reactive ketones (excluding diaryl/α,β-unsaturated/α-hetero) is 1. The van der Waals surface area contributed by atoms with Crippen molar-refractivity contribution in [3.63, 3.8) is 0 Å². The van der Waals surface area contributed by atoms with Crippen molar-refractivity contribution in [1.29, 1.82) is 0 Å². The van der Waals surface area contributed by atoms with Crippen LogP contribution in [0, 0.1) is 0 Å². The predicted octanol–water partition coefficient (Wildman–Crippen LogP) is 3.64. The zero-order chi connectivity index (χ0) is 12.5. The van der Waals surface area contributed by atoms with Crippen LogP contribution in [0.1, 0.15) is 49.0 Å². The monoisotopic (exact) mass is 234 g/mol. The Morgan fingerprint density at radius 3 is 2.41 bits per heavy atom. The molecule has 2 heteroatoms. The van der Waals surface area contributed by atoms with Crippen molar-refractivity contribution in [2.75, 3.05) is 13.2 Å². The van der Waals surface area contributed by atoms with Gasteiger partial charge in [0.1, 0.15) is 0 Å². The molecule has 0 amide bonds. The SMILES string of the molecule is CCCCOCCC(=O)c1ccc(CC)cc1. The van der Waals surface area contributed by atoms with Crippen molar-refractivity contribution in [2.24, 2.45) is 0 Å². The van der Waals surface area contributed by atoms with E-state index in [9.17, 15) is 4.79 Å². The van der Waals surface area contributed by atoms with Crippen LogP contribution in [0.25, 0.3) is 0 Å². The van der Waals surface area contributed by atoms with Gasteiger partial charge < -0.3 is 4.74 Å². The van der Waals surface area contributed by atoms with Gasteiger partial charge in [0.25, 0.3) is 0 Å². The molecule has 1 aromatic rings. The molecule has 0 saturated carbocycles. The van der Waals surface area contributed by atoms with E-state index >= 15 is 0 Å². The first-order valence-corrected chi connectivity index (χ1v) is 6.47. The van der Waals surface area contributed by atoms with E-state index in [2.05, 4.69) is 13.8 Å². The lowest BCUT2D eigenvalue weighted by molar-refractivity contribution is 0.0873. The second-order valence-electron chi connectivity index (χ2n) is 4.19. The molecule has 0 saturated heterocycles. The molecular formula is C15H22O2. The summed E-state index contributed by atoms with van der Waals surface area (Å²) in [6, 6.07) is 7.86. The summed E-state index contributed by atoms with van der Waals surface area (Å²) in [5.41, 5.74) is 2.06. The van der Waals surface area contributed by atoms with Crippen molar-refractivity contribution in [3.05, 3.63) is 35.4 Å². The minimum Gasteiger partial charge on any atom is -0.381 e. The maximum atomic E-state index is 11.8. The van der Waals surface area contributed by atoms with Crippen molar-refractivity contribution < 1.29 is 9.53 Å². The van der Waals surface area contributed by atoms with Crippen LogP contribution in [0.5, 0.6) is 0 Å². The fourth-order valence-corrected chi connectivity index (χ4v) is 1.58. The fraction of sp³-hybridized carbons (Fsp3) is 0.533. The minimum absolute atomic E-state index is 0.171. The number of benzene rings is 1. The highest BCUT2D eigenvalue weighted by atomic mass is 16.5. The number of unbranched alkanes of at least 4 members (excludes halogenated alkanes) is 1. The second kappa shape index (κ2) is 8.02. The smallest absolute Gasteiger partial charge is 0.165 e. The molecule has 0 spiro atoms. The van der Waals surface area contributed by atoms with Gasteiger partial charge >= 0.3 is 0 Å². The average Bonchev–Trinajstić information content (AvgIpc) is 2.38. The standard InChI is InChI=1S/C15H22O2/c1-3-5-11-17-12-10-15(16)14-8-6-13(4-2)7-9-14/h6-9H,3-5,10-12H2,1-2H3. The van der Waals surface area contributed by atoms with Crippen LogP contribution in [0.4, 0.5) is 0 Å². The Labute approximate surface area is 104 Å². The molecule has 0 radical (unpaired) electrons. The van der Waals surface area contributed by atoms with Gasteiger partial charge in [-0.25, -0.2) is 0 Å². The van der Waals surface area contributed by atoms with Gasteiger partial charge in [0, 0.05) is 18.6 Å². The van der Waals surface area contributed by atoms with E-state index in [0.29, 0.717) is 13.0 Å². The van der Waals surface area contributed by atoms with Gasteiger partial charge in [-0.2, -0.15) is 0 Å². The lowest BCUT2D eigenvalue weighted by Crippen LogP contribution is -2.05.